The molecule has 0 spiro atoms. The highest BCUT2D eigenvalue weighted by molar-refractivity contribution is 6.31. The lowest BCUT2D eigenvalue weighted by Gasteiger charge is -2.19. The SMILES string of the molecule is O=C(Nc1cc(-c2nc3ncccc3[nH]2)cc2c1C(c1cc(F)ccc1Cl)NC2=O)c1cc(F)cc(C(F)(F)F)c1. The van der Waals surface area contributed by atoms with Crippen molar-refractivity contribution >= 4 is 40.3 Å². The summed E-state index contributed by atoms with van der Waals surface area (Å²) >= 11 is 6.32. The number of pyridine rings is 1. The van der Waals surface area contributed by atoms with Gasteiger partial charge in [-0.05, 0) is 60.7 Å². The molecule has 0 radical (unpaired) electrons. The Labute approximate surface area is 232 Å². The Kier molecular flexibility index (Phi) is 6.22. The van der Waals surface area contributed by atoms with Crippen LogP contribution in [0.2, 0.25) is 5.02 Å². The quantitative estimate of drug-likeness (QED) is 0.206. The van der Waals surface area contributed by atoms with Crippen molar-refractivity contribution < 1.29 is 31.5 Å². The maximum Gasteiger partial charge on any atom is 0.416 e. The van der Waals surface area contributed by atoms with Gasteiger partial charge in [0.2, 0.25) is 0 Å². The molecule has 0 saturated heterocycles. The number of H-pyrrole nitrogens is 1. The van der Waals surface area contributed by atoms with Crippen LogP contribution in [0.5, 0.6) is 0 Å². The zero-order valence-corrected chi connectivity index (χ0v) is 21.2. The summed E-state index contributed by atoms with van der Waals surface area (Å²) in [6.07, 6.45) is -3.36. The zero-order valence-electron chi connectivity index (χ0n) is 20.4. The minimum absolute atomic E-state index is 0.0163. The molecule has 2 amide bonds. The molecule has 1 atom stereocenters. The number of halogens is 6. The van der Waals surface area contributed by atoms with Gasteiger partial charge in [-0.2, -0.15) is 13.2 Å². The van der Waals surface area contributed by atoms with E-state index in [0.717, 1.165) is 12.1 Å². The van der Waals surface area contributed by atoms with Crippen LogP contribution in [-0.4, -0.2) is 26.8 Å². The minimum atomic E-state index is -4.90. The van der Waals surface area contributed by atoms with Gasteiger partial charge in [0.15, 0.2) is 5.65 Å². The summed E-state index contributed by atoms with van der Waals surface area (Å²) in [7, 11) is 0. The Morgan fingerprint density at radius 1 is 1.00 bits per heavy atom. The van der Waals surface area contributed by atoms with E-state index in [1.54, 1.807) is 12.1 Å². The second kappa shape index (κ2) is 9.66. The summed E-state index contributed by atoms with van der Waals surface area (Å²) in [5.41, 5.74) is -0.248. The predicted octanol–water partition coefficient (Wildman–Crippen LogP) is 6.66. The number of nitrogens with one attached hydrogen (secondary N) is 3. The van der Waals surface area contributed by atoms with Crippen molar-refractivity contribution in [2.24, 2.45) is 0 Å². The van der Waals surface area contributed by atoms with E-state index < -0.39 is 46.8 Å². The molecule has 0 aliphatic carbocycles. The Morgan fingerprint density at radius 3 is 2.56 bits per heavy atom. The number of carbonyl (C=O) groups excluding carboxylic acids is 2. The van der Waals surface area contributed by atoms with E-state index in [1.165, 1.54) is 24.4 Å². The first-order valence-electron chi connectivity index (χ1n) is 11.9. The second-order valence-corrected chi connectivity index (χ2v) is 9.60. The fraction of sp³-hybridized carbons (Fsp3) is 0.0714. The van der Waals surface area contributed by atoms with Crippen LogP contribution in [0.15, 0.2) is 66.9 Å². The summed E-state index contributed by atoms with van der Waals surface area (Å²) in [6.45, 7) is 0. The fourth-order valence-electron chi connectivity index (χ4n) is 4.70. The van der Waals surface area contributed by atoms with Gasteiger partial charge in [0.1, 0.15) is 17.5 Å². The molecule has 41 heavy (non-hydrogen) atoms. The second-order valence-electron chi connectivity index (χ2n) is 9.20. The van der Waals surface area contributed by atoms with Gasteiger partial charge in [-0.3, -0.25) is 9.59 Å². The molecule has 3 heterocycles. The maximum absolute atomic E-state index is 14.2. The summed E-state index contributed by atoms with van der Waals surface area (Å²) in [6, 6.07) is 10.3. The number of hydrogen-bond acceptors (Lipinski definition) is 4. The van der Waals surface area contributed by atoms with Crippen molar-refractivity contribution in [1.29, 1.82) is 0 Å². The lowest BCUT2D eigenvalue weighted by molar-refractivity contribution is -0.137. The Bertz CT molecular complexity index is 1860. The van der Waals surface area contributed by atoms with Gasteiger partial charge in [0, 0.05) is 44.7 Å². The van der Waals surface area contributed by atoms with Gasteiger partial charge in [0.25, 0.3) is 11.8 Å². The van der Waals surface area contributed by atoms with Gasteiger partial charge >= 0.3 is 6.18 Å². The number of anilines is 1. The molecule has 1 aliphatic rings. The molecule has 2 aromatic heterocycles. The molecule has 7 nitrogen and oxygen atoms in total. The molecule has 13 heteroatoms. The first kappa shape index (κ1) is 26.4. The zero-order chi connectivity index (χ0) is 29.1. The summed E-state index contributed by atoms with van der Waals surface area (Å²) < 4.78 is 68.1. The molecule has 3 aromatic carbocycles. The van der Waals surface area contributed by atoms with Crippen LogP contribution in [-0.2, 0) is 6.18 Å². The largest absolute Gasteiger partial charge is 0.416 e. The first-order valence-corrected chi connectivity index (χ1v) is 12.3. The number of aromatic nitrogens is 3. The van der Waals surface area contributed by atoms with E-state index in [-0.39, 0.29) is 39.3 Å². The molecule has 6 rings (SSSR count). The van der Waals surface area contributed by atoms with Crippen LogP contribution in [0.3, 0.4) is 0 Å². The van der Waals surface area contributed by atoms with Crippen molar-refractivity contribution in [3.63, 3.8) is 0 Å². The third kappa shape index (κ3) is 4.86. The first-order chi connectivity index (χ1) is 19.5. The Hall–Kier alpha value is -4.84. The molecule has 0 bridgehead atoms. The van der Waals surface area contributed by atoms with Gasteiger partial charge in [-0.15, -0.1) is 0 Å². The average Bonchev–Trinajstić information content (AvgIpc) is 3.50. The van der Waals surface area contributed by atoms with Crippen molar-refractivity contribution in [2.45, 2.75) is 12.2 Å². The lowest BCUT2D eigenvalue weighted by atomic mass is 9.94. The van der Waals surface area contributed by atoms with Crippen molar-refractivity contribution in [1.82, 2.24) is 20.3 Å². The summed E-state index contributed by atoms with van der Waals surface area (Å²) in [5, 5.41) is 5.33. The van der Waals surface area contributed by atoms with E-state index in [2.05, 4.69) is 25.6 Å². The number of imidazole rings is 1. The van der Waals surface area contributed by atoms with Crippen LogP contribution >= 0.6 is 11.6 Å². The number of carbonyl (C=O) groups is 2. The predicted molar refractivity (Wildman–Crippen MR) is 139 cm³/mol. The smallest absolute Gasteiger partial charge is 0.341 e. The monoisotopic (exact) mass is 583 g/mol. The Balaban J connectivity index is 1.51. The van der Waals surface area contributed by atoms with Crippen LogP contribution in [0.4, 0.5) is 27.6 Å². The summed E-state index contributed by atoms with van der Waals surface area (Å²) in [4.78, 5) is 38.0. The molecule has 0 saturated carbocycles. The van der Waals surface area contributed by atoms with E-state index in [0.29, 0.717) is 28.9 Å². The molecular formula is C28H15ClF5N5O2. The number of amides is 2. The van der Waals surface area contributed by atoms with Crippen molar-refractivity contribution in [2.75, 3.05) is 5.32 Å². The van der Waals surface area contributed by atoms with Crippen molar-refractivity contribution in [3.05, 3.63) is 111 Å². The highest BCUT2D eigenvalue weighted by Gasteiger charge is 2.36. The number of benzene rings is 3. The van der Waals surface area contributed by atoms with Gasteiger partial charge in [0.05, 0.1) is 17.1 Å². The molecule has 1 unspecified atom stereocenters. The molecule has 1 aliphatic heterocycles. The number of fused-ring (bicyclic) bond motifs is 2. The van der Waals surface area contributed by atoms with E-state index in [9.17, 15) is 31.5 Å². The van der Waals surface area contributed by atoms with Crippen LogP contribution in [0.1, 0.15) is 43.4 Å². The molecular weight excluding hydrogens is 569 g/mol. The molecule has 3 N–H and O–H groups in total. The molecule has 0 fully saturated rings. The molecule has 206 valence electrons. The standard InChI is InChI=1S/C28H15ClF5N5O2/c29-19-4-3-15(30)11-17(19)23-22-18(27(41)38-23)8-12(24-36-20-2-1-5-35-25(20)39-24)9-21(22)37-26(40)13-6-14(28(32,33)34)10-16(31)7-13/h1-11,23H,(H,37,40)(H,38,41)(H,35,36,39). The third-order valence-corrected chi connectivity index (χ3v) is 6.87. The number of aromatic amines is 1. The van der Waals surface area contributed by atoms with Crippen LogP contribution in [0.25, 0.3) is 22.6 Å². The van der Waals surface area contributed by atoms with E-state index in [4.69, 9.17) is 11.6 Å². The van der Waals surface area contributed by atoms with Gasteiger partial charge in [-0.25, -0.2) is 18.7 Å². The van der Waals surface area contributed by atoms with E-state index >= 15 is 0 Å². The van der Waals surface area contributed by atoms with Crippen LogP contribution in [0, 0.1) is 11.6 Å². The number of rotatable bonds is 4. The van der Waals surface area contributed by atoms with Crippen LogP contribution < -0.4 is 10.6 Å². The van der Waals surface area contributed by atoms with Gasteiger partial charge < -0.3 is 15.6 Å². The molecule has 5 aromatic rings. The number of hydrogen-bond donors (Lipinski definition) is 3. The highest BCUT2D eigenvalue weighted by Crippen LogP contribution is 2.42. The maximum atomic E-state index is 14.2. The minimum Gasteiger partial charge on any atom is -0.341 e. The topological polar surface area (TPSA) is 99.8 Å². The summed E-state index contributed by atoms with van der Waals surface area (Å²) in [5.74, 6) is -3.28. The highest BCUT2D eigenvalue weighted by atomic mass is 35.5. The number of alkyl halides is 3. The third-order valence-electron chi connectivity index (χ3n) is 6.52. The van der Waals surface area contributed by atoms with E-state index in [1.807, 2.05) is 0 Å². The number of nitrogens with zero attached hydrogens (tertiary/aromatic N) is 2. The normalized spacial score (nSPS) is 14.7. The van der Waals surface area contributed by atoms with Crippen molar-refractivity contribution in [3.8, 4) is 11.4 Å². The lowest BCUT2D eigenvalue weighted by Crippen LogP contribution is -2.21. The fourth-order valence-corrected chi connectivity index (χ4v) is 4.93. The van der Waals surface area contributed by atoms with Gasteiger partial charge in [-0.1, -0.05) is 11.6 Å². The average molecular weight is 584 g/mol. The Morgan fingerprint density at radius 2 is 1.80 bits per heavy atom.